The van der Waals surface area contributed by atoms with Crippen LogP contribution in [0.5, 0.6) is 11.5 Å². The molecule has 0 bridgehead atoms. The highest BCUT2D eigenvalue weighted by molar-refractivity contribution is 5.83. The van der Waals surface area contributed by atoms with Gasteiger partial charge in [0.25, 0.3) is 11.4 Å². The predicted octanol–water partition coefficient (Wildman–Crippen LogP) is 6.64. The first-order valence-corrected chi connectivity index (χ1v) is 10.7. The van der Waals surface area contributed by atoms with Gasteiger partial charge in [-0.25, -0.2) is 0 Å². The van der Waals surface area contributed by atoms with Crippen LogP contribution in [0.15, 0.2) is 60.7 Å². The number of nitro groups is 2. The van der Waals surface area contributed by atoms with Crippen LogP contribution in [0.4, 0.5) is 11.4 Å². The normalized spacial score (nSPS) is 11.1. The van der Waals surface area contributed by atoms with E-state index in [0.717, 1.165) is 17.2 Å². The van der Waals surface area contributed by atoms with Gasteiger partial charge in [0, 0.05) is 11.1 Å². The molecule has 3 aromatic rings. The highest BCUT2D eigenvalue weighted by Gasteiger charge is 2.22. The van der Waals surface area contributed by atoms with Crippen molar-refractivity contribution in [3.8, 4) is 11.5 Å². The van der Waals surface area contributed by atoms with Gasteiger partial charge < -0.3 is 9.47 Å². The predicted molar refractivity (Wildman–Crippen MR) is 133 cm³/mol. The van der Waals surface area contributed by atoms with E-state index in [1.807, 2.05) is 50.2 Å². The molecule has 0 N–H and O–H groups in total. The Morgan fingerprint density at radius 3 is 1.41 bits per heavy atom. The van der Waals surface area contributed by atoms with Gasteiger partial charge in [0.15, 0.2) is 0 Å². The molecule has 0 atom stereocenters. The van der Waals surface area contributed by atoms with Crippen LogP contribution in [0, 0.1) is 20.2 Å². The molecule has 0 amide bonds. The molecule has 8 nitrogen and oxygen atoms in total. The summed E-state index contributed by atoms with van der Waals surface area (Å²) in [5.41, 5.74) is 1.23. The minimum absolute atomic E-state index is 0.236. The number of nitro benzene ring substituents is 2. The maximum Gasteiger partial charge on any atom is 0.283 e. The zero-order valence-electron chi connectivity index (χ0n) is 18.8. The van der Waals surface area contributed by atoms with Crippen molar-refractivity contribution in [2.45, 2.75) is 13.8 Å². The van der Waals surface area contributed by atoms with Crippen LogP contribution in [0.25, 0.3) is 24.3 Å². The Bertz CT molecular complexity index is 1160. The first-order chi connectivity index (χ1) is 16.4. The average Bonchev–Trinajstić information content (AvgIpc) is 2.83. The SMILES string of the molecule is CCOc1ccccc1C=Cc1cc(C=Cc2ccccc2OCC)c([N+](=O)[O-])cc1[N+](=O)[O-]. The number of ether oxygens (including phenoxy) is 2. The smallest absolute Gasteiger partial charge is 0.283 e. The van der Waals surface area contributed by atoms with Crippen LogP contribution in [0.3, 0.4) is 0 Å². The molecule has 0 aliphatic heterocycles. The number of benzene rings is 3. The molecule has 0 spiro atoms. The monoisotopic (exact) mass is 460 g/mol. The van der Waals surface area contributed by atoms with E-state index in [1.165, 1.54) is 6.07 Å². The molecule has 3 aromatic carbocycles. The molecule has 0 saturated carbocycles. The van der Waals surface area contributed by atoms with Crippen molar-refractivity contribution in [3.63, 3.8) is 0 Å². The highest BCUT2D eigenvalue weighted by atomic mass is 16.6. The molecular weight excluding hydrogens is 436 g/mol. The number of hydrogen-bond acceptors (Lipinski definition) is 6. The van der Waals surface area contributed by atoms with Gasteiger partial charge in [0.05, 0.1) is 40.3 Å². The van der Waals surface area contributed by atoms with Gasteiger partial charge in [-0.05, 0) is 44.2 Å². The molecule has 0 saturated heterocycles. The van der Waals surface area contributed by atoms with Crippen molar-refractivity contribution < 1.29 is 19.3 Å². The standard InChI is InChI=1S/C26H24N2O6/c1-3-33-25-11-7-5-9-19(25)13-15-21-17-22(24(28(31)32)18-23(21)27(29)30)16-14-20-10-6-8-12-26(20)34-4-2/h5-18H,3-4H2,1-2H3. The molecule has 0 radical (unpaired) electrons. The van der Waals surface area contributed by atoms with Crippen LogP contribution in [-0.2, 0) is 0 Å². The molecule has 3 rings (SSSR count). The van der Waals surface area contributed by atoms with Crippen molar-refractivity contribution in [2.24, 2.45) is 0 Å². The lowest BCUT2D eigenvalue weighted by atomic mass is 10.0. The van der Waals surface area contributed by atoms with Crippen LogP contribution in [0.1, 0.15) is 36.1 Å². The zero-order chi connectivity index (χ0) is 24.5. The first kappa shape index (κ1) is 24.2. The third-order valence-corrected chi connectivity index (χ3v) is 4.89. The molecule has 0 fully saturated rings. The van der Waals surface area contributed by atoms with Gasteiger partial charge in [-0.3, -0.25) is 20.2 Å². The lowest BCUT2D eigenvalue weighted by Gasteiger charge is -2.07. The van der Waals surface area contributed by atoms with E-state index in [0.29, 0.717) is 24.7 Å². The molecule has 174 valence electrons. The van der Waals surface area contributed by atoms with Crippen LogP contribution in [0.2, 0.25) is 0 Å². The minimum Gasteiger partial charge on any atom is -0.493 e. The quantitative estimate of drug-likeness (QED) is 0.191. The fourth-order valence-corrected chi connectivity index (χ4v) is 3.36. The second kappa shape index (κ2) is 11.4. The Morgan fingerprint density at radius 2 is 1.03 bits per heavy atom. The maximum absolute atomic E-state index is 11.7. The summed E-state index contributed by atoms with van der Waals surface area (Å²) in [5.74, 6) is 1.27. The Kier molecular flexibility index (Phi) is 8.12. The van der Waals surface area contributed by atoms with Gasteiger partial charge in [-0.15, -0.1) is 0 Å². The first-order valence-electron chi connectivity index (χ1n) is 10.7. The summed E-state index contributed by atoms with van der Waals surface area (Å²) in [5, 5.41) is 23.3. The molecule has 34 heavy (non-hydrogen) atoms. The highest BCUT2D eigenvalue weighted by Crippen LogP contribution is 2.33. The average molecular weight is 460 g/mol. The Labute approximate surface area is 197 Å². The van der Waals surface area contributed by atoms with Crippen molar-refractivity contribution in [1.82, 2.24) is 0 Å². The third-order valence-electron chi connectivity index (χ3n) is 4.89. The number of nitrogens with zero attached hydrogens (tertiary/aromatic N) is 2. The number of para-hydroxylation sites is 2. The maximum atomic E-state index is 11.7. The molecule has 0 aromatic heterocycles. The summed E-state index contributed by atoms with van der Waals surface area (Å²) in [6.45, 7) is 4.68. The second-order valence-corrected chi connectivity index (χ2v) is 7.09. The van der Waals surface area contributed by atoms with Crippen molar-refractivity contribution in [2.75, 3.05) is 13.2 Å². The summed E-state index contributed by atoms with van der Waals surface area (Å²) in [4.78, 5) is 22.1. The Balaban J connectivity index is 2.08. The Hall–Kier alpha value is -4.46. The summed E-state index contributed by atoms with van der Waals surface area (Å²) in [7, 11) is 0. The van der Waals surface area contributed by atoms with E-state index in [-0.39, 0.29) is 22.5 Å². The van der Waals surface area contributed by atoms with Crippen molar-refractivity contribution >= 4 is 35.7 Å². The van der Waals surface area contributed by atoms with Gasteiger partial charge in [0.1, 0.15) is 11.5 Å². The van der Waals surface area contributed by atoms with E-state index in [4.69, 9.17) is 9.47 Å². The van der Waals surface area contributed by atoms with Gasteiger partial charge >= 0.3 is 0 Å². The summed E-state index contributed by atoms with van der Waals surface area (Å²) in [6.07, 6.45) is 6.50. The van der Waals surface area contributed by atoms with E-state index < -0.39 is 9.85 Å². The largest absolute Gasteiger partial charge is 0.493 e. The van der Waals surface area contributed by atoms with Gasteiger partial charge in [0.2, 0.25) is 0 Å². The third kappa shape index (κ3) is 5.86. The zero-order valence-corrected chi connectivity index (χ0v) is 18.8. The van der Waals surface area contributed by atoms with Crippen LogP contribution >= 0.6 is 0 Å². The topological polar surface area (TPSA) is 105 Å². The fraction of sp³-hybridized carbons (Fsp3) is 0.154. The lowest BCUT2D eigenvalue weighted by Crippen LogP contribution is -1.98. The van der Waals surface area contributed by atoms with Crippen molar-refractivity contribution in [1.29, 1.82) is 0 Å². The number of hydrogen-bond donors (Lipinski definition) is 0. The van der Waals surface area contributed by atoms with Gasteiger partial charge in [-0.1, -0.05) is 48.6 Å². The molecule has 0 aliphatic carbocycles. The van der Waals surface area contributed by atoms with E-state index in [1.54, 1.807) is 36.4 Å². The van der Waals surface area contributed by atoms with E-state index in [9.17, 15) is 20.2 Å². The van der Waals surface area contributed by atoms with Crippen molar-refractivity contribution in [3.05, 3.63) is 103 Å². The van der Waals surface area contributed by atoms with E-state index >= 15 is 0 Å². The molecule has 0 unspecified atom stereocenters. The second-order valence-electron chi connectivity index (χ2n) is 7.09. The number of rotatable bonds is 10. The summed E-state index contributed by atoms with van der Waals surface area (Å²) < 4.78 is 11.2. The molecule has 0 aliphatic rings. The molecule has 0 heterocycles. The van der Waals surface area contributed by atoms with Gasteiger partial charge in [-0.2, -0.15) is 0 Å². The summed E-state index contributed by atoms with van der Waals surface area (Å²) in [6, 6.07) is 17.0. The fourth-order valence-electron chi connectivity index (χ4n) is 3.36. The lowest BCUT2D eigenvalue weighted by molar-refractivity contribution is -0.394. The summed E-state index contributed by atoms with van der Waals surface area (Å²) >= 11 is 0. The van der Waals surface area contributed by atoms with E-state index in [2.05, 4.69) is 0 Å². The Morgan fingerprint density at radius 1 is 0.647 bits per heavy atom. The minimum atomic E-state index is -0.626. The van der Waals surface area contributed by atoms with Crippen LogP contribution in [-0.4, -0.2) is 23.1 Å². The van der Waals surface area contributed by atoms with Crippen LogP contribution < -0.4 is 9.47 Å². The molecular formula is C26H24N2O6. The molecule has 8 heteroatoms.